The van der Waals surface area contributed by atoms with Gasteiger partial charge in [-0.05, 0) is 30.9 Å². The van der Waals surface area contributed by atoms with Crippen LogP contribution in [0.15, 0.2) is 23.0 Å². The van der Waals surface area contributed by atoms with Crippen molar-refractivity contribution in [2.24, 2.45) is 5.92 Å². The minimum Gasteiger partial charge on any atom is -0.486 e. The molecule has 2 aliphatic rings. The van der Waals surface area contributed by atoms with Gasteiger partial charge in [0.2, 0.25) is 5.91 Å². The van der Waals surface area contributed by atoms with Gasteiger partial charge in [-0.2, -0.15) is 5.10 Å². The zero-order chi connectivity index (χ0) is 19.7. The lowest BCUT2D eigenvalue weighted by atomic mass is 10.1. The number of nitrogens with zero attached hydrogens (tertiary/aromatic N) is 3. The van der Waals surface area contributed by atoms with Gasteiger partial charge < -0.3 is 14.8 Å². The van der Waals surface area contributed by atoms with Crippen molar-refractivity contribution in [2.45, 2.75) is 52.1 Å². The number of ether oxygens (including phenoxy) is 2. The van der Waals surface area contributed by atoms with E-state index in [2.05, 4.69) is 10.4 Å². The van der Waals surface area contributed by atoms with Crippen LogP contribution in [0.2, 0.25) is 0 Å². The molecule has 1 aromatic carbocycles. The average molecular weight is 386 g/mol. The number of fused-ring (bicyclic) bond motifs is 2. The summed E-state index contributed by atoms with van der Waals surface area (Å²) in [6.45, 7) is 5.65. The number of hydrogen-bond donors (Lipinski definition) is 1. The van der Waals surface area contributed by atoms with Crippen LogP contribution in [0.3, 0.4) is 0 Å². The number of carbonyl (C=O) groups is 1. The summed E-state index contributed by atoms with van der Waals surface area (Å²) in [6, 6.07) is 4.78. The smallest absolute Gasteiger partial charge is 0.346 e. The molecule has 0 aliphatic carbocycles. The molecule has 2 aromatic rings. The van der Waals surface area contributed by atoms with E-state index in [1.807, 2.05) is 13.8 Å². The molecule has 0 fully saturated rings. The van der Waals surface area contributed by atoms with E-state index in [9.17, 15) is 9.59 Å². The summed E-state index contributed by atoms with van der Waals surface area (Å²) in [4.78, 5) is 26.0. The average Bonchev–Trinajstić information content (AvgIpc) is 2.84. The summed E-state index contributed by atoms with van der Waals surface area (Å²) in [5.41, 5.74) is 0.426. The van der Waals surface area contributed by atoms with Gasteiger partial charge in [-0.3, -0.25) is 9.36 Å². The van der Waals surface area contributed by atoms with E-state index in [4.69, 9.17) is 9.47 Å². The number of rotatable bonds is 4. The highest BCUT2D eigenvalue weighted by Gasteiger charge is 2.29. The predicted octanol–water partition coefficient (Wildman–Crippen LogP) is 2.38. The zero-order valence-corrected chi connectivity index (χ0v) is 16.3. The van der Waals surface area contributed by atoms with Gasteiger partial charge in [-0.15, -0.1) is 0 Å². The molecule has 8 heteroatoms. The molecule has 1 amide bonds. The molecule has 1 N–H and O–H groups in total. The van der Waals surface area contributed by atoms with Gasteiger partial charge in [0.25, 0.3) is 0 Å². The van der Waals surface area contributed by atoms with E-state index in [1.54, 1.807) is 22.8 Å². The van der Waals surface area contributed by atoms with Crippen molar-refractivity contribution in [2.75, 3.05) is 18.5 Å². The van der Waals surface area contributed by atoms with Crippen molar-refractivity contribution >= 4 is 11.6 Å². The molecule has 28 heavy (non-hydrogen) atoms. The Bertz CT molecular complexity index is 931. The zero-order valence-electron chi connectivity index (χ0n) is 16.3. The van der Waals surface area contributed by atoms with Crippen LogP contribution < -0.4 is 20.5 Å². The standard InChI is InChI=1S/C20H26N4O4/c1-13(2)12-23-20(26)24-15(5-3-4-6-18(24)22-23)19(25)21-14-7-8-16-17(11-14)28-10-9-27-16/h7-8,11,13,15H,3-6,9-10,12H2,1-2H3,(H,21,25). The van der Waals surface area contributed by atoms with Crippen LogP contribution in [0.1, 0.15) is 45.0 Å². The van der Waals surface area contributed by atoms with Crippen LogP contribution in [0.25, 0.3) is 0 Å². The van der Waals surface area contributed by atoms with Crippen LogP contribution in [-0.2, 0) is 17.8 Å². The van der Waals surface area contributed by atoms with E-state index < -0.39 is 6.04 Å². The van der Waals surface area contributed by atoms with Crippen LogP contribution in [0.4, 0.5) is 5.69 Å². The highest BCUT2D eigenvalue weighted by Crippen LogP contribution is 2.33. The maximum atomic E-state index is 13.1. The second-order valence-corrected chi connectivity index (χ2v) is 7.75. The first-order valence-corrected chi connectivity index (χ1v) is 9.91. The van der Waals surface area contributed by atoms with E-state index in [-0.39, 0.29) is 11.6 Å². The molecular formula is C20H26N4O4. The monoisotopic (exact) mass is 386 g/mol. The Kier molecular flexibility index (Phi) is 5.11. The summed E-state index contributed by atoms with van der Waals surface area (Å²) in [5, 5.41) is 7.43. The minimum absolute atomic E-state index is 0.201. The van der Waals surface area contributed by atoms with E-state index in [1.165, 1.54) is 4.68 Å². The maximum Gasteiger partial charge on any atom is 0.346 e. The fraction of sp³-hybridized carbons (Fsp3) is 0.550. The number of aromatic nitrogens is 3. The number of amides is 1. The summed E-state index contributed by atoms with van der Waals surface area (Å²) in [6.07, 6.45) is 3.14. The number of hydrogen-bond acceptors (Lipinski definition) is 5. The fourth-order valence-electron chi connectivity index (χ4n) is 3.76. The minimum atomic E-state index is -0.556. The van der Waals surface area contributed by atoms with Crippen LogP contribution in [0.5, 0.6) is 11.5 Å². The normalized spacial score (nSPS) is 18.5. The molecule has 0 bridgehead atoms. The van der Waals surface area contributed by atoms with Crippen LogP contribution >= 0.6 is 0 Å². The molecule has 3 heterocycles. The second-order valence-electron chi connectivity index (χ2n) is 7.75. The van der Waals surface area contributed by atoms with E-state index in [0.29, 0.717) is 61.5 Å². The lowest BCUT2D eigenvalue weighted by Crippen LogP contribution is -2.35. The van der Waals surface area contributed by atoms with E-state index >= 15 is 0 Å². The Morgan fingerprint density at radius 3 is 2.82 bits per heavy atom. The van der Waals surface area contributed by atoms with Crippen molar-refractivity contribution in [1.82, 2.24) is 14.3 Å². The van der Waals surface area contributed by atoms with Crippen LogP contribution in [0, 0.1) is 5.92 Å². The first-order valence-electron chi connectivity index (χ1n) is 9.91. The fourth-order valence-corrected chi connectivity index (χ4v) is 3.76. The number of benzene rings is 1. The Labute approximate surface area is 163 Å². The summed E-state index contributed by atoms with van der Waals surface area (Å²) in [7, 11) is 0. The number of carbonyl (C=O) groups excluding carboxylic acids is 1. The van der Waals surface area contributed by atoms with Crippen molar-refractivity contribution in [3.63, 3.8) is 0 Å². The number of nitrogens with one attached hydrogen (secondary N) is 1. The third-order valence-corrected chi connectivity index (χ3v) is 5.03. The highest BCUT2D eigenvalue weighted by atomic mass is 16.6. The SMILES string of the molecule is CC(C)Cn1nc2n(c1=O)C(C(=O)Nc1ccc3c(c1)OCCO3)CCCC2. The van der Waals surface area contributed by atoms with Gasteiger partial charge in [0.1, 0.15) is 25.1 Å². The lowest BCUT2D eigenvalue weighted by Gasteiger charge is -2.20. The molecular weight excluding hydrogens is 360 g/mol. The van der Waals surface area contributed by atoms with Crippen molar-refractivity contribution in [1.29, 1.82) is 0 Å². The van der Waals surface area contributed by atoms with Crippen molar-refractivity contribution < 1.29 is 14.3 Å². The highest BCUT2D eigenvalue weighted by molar-refractivity contribution is 5.94. The molecule has 1 unspecified atom stereocenters. The molecule has 0 radical (unpaired) electrons. The Morgan fingerprint density at radius 1 is 1.25 bits per heavy atom. The van der Waals surface area contributed by atoms with Crippen molar-refractivity contribution in [3.05, 3.63) is 34.5 Å². The third-order valence-electron chi connectivity index (χ3n) is 5.03. The molecule has 8 nitrogen and oxygen atoms in total. The van der Waals surface area contributed by atoms with E-state index in [0.717, 1.165) is 12.8 Å². The molecule has 150 valence electrons. The molecule has 4 rings (SSSR count). The summed E-state index contributed by atoms with van der Waals surface area (Å²) >= 11 is 0. The Morgan fingerprint density at radius 2 is 2.04 bits per heavy atom. The topological polar surface area (TPSA) is 87.4 Å². The first-order chi connectivity index (χ1) is 13.5. The maximum absolute atomic E-state index is 13.1. The lowest BCUT2D eigenvalue weighted by molar-refractivity contribution is -0.119. The van der Waals surface area contributed by atoms with Gasteiger partial charge in [0.05, 0.1) is 0 Å². The third kappa shape index (κ3) is 3.63. The molecule has 1 atom stereocenters. The number of aryl methyl sites for hydroxylation is 1. The largest absolute Gasteiger partial charge is 0.486 e. The first kappa shape index (κ1) is 18.6. The van der Waals surface area contributed by atoms with Gasteiger partial charge in [0.15, 0.2) is 11.5 Å². The predicted molar refractivity (Wildman–Crippen MR) is 104 cm³/mol. The Balaban J connectivity index is 1.59. The molecule has 0 saturated carbocycles. The summed E-state index contributed by atoms with van der Waals surface area (Å²) in [5.74, 6) is 2.10. The Hall–Kier alpha value is -2.77. The van der Waals surface area contributed by atoms with Crippen molar-refractivity contribution in [3.8, 4) is 11.5 Å². The van der Waals surface area contributed by atoms with Gasteiger partial charge in [-0.25, -0.2) is 9.48 Å². The molecule has 0 spiro atoms. The molecule has 2 aliphatic heterocycles. The van der Waals surface area contributed by atoms with Gasteiger partial charge in [-0.1, -0.05) is 20.3 Å². The molecule has 1 aromatic heterocycles. The molecule has 0 saturated heterocycles. The van der Waals surface area contributed by atoms with Crippen LogP contribution in [-0.4, -0.2) is 33.5 Å². The van der Waals surface area contributed by atoms with Gasteiger partial charge in [0, 0.05) is 24.7 Å². The summed E-state index contributed by atoms with van der Waals surface area (Å²) < 4.78 is 14.2. The van der Waals surface area contributed by atoms with Gasteiger partial charge >= 0.3 is 5.69 Å². The quantitative estimate of drug-likeness (QED) is 0.872. The number of anilines is 1. The second kappa shape index (κ2) is 7.69.